The average Bonchev–Trinajstić information content (AvgIpc) is 2.28. The van der Waals surface area contributed by atoms with Gasteiger partial charge in [-0.05, 0) is 12.8 Å². The molecule has 7 heteroatoms. The van der Waals surface area contributed by atoms with Crippen molar-refractivity contribution < 1.29 is 24.3 Å². The van der Waals surface area contributed by atoms with Crippen LogP contribution in [-0.4, -0.2) is 29.5 Å². The van der Waals surface area contributed by atoms with E-state index in [2.05, 4.69) is 4.84 Å². The number of nitrogens with one attached hydrogen (secondary N) is 1. The summed E-state index contributed by atoms with van der Waals surface area (Å²) in [5.74, 6) is -3.75. The second kappa shape index (κ2) is 6.00. The molecule has 0 radical (unpaired) electrons. The Kier molecular flexibility index (Phi) is 4.65. The van der Waals surface area contributed by atoms with Gasteiger partial charge in [0.05, 0.1) is 11.8 Å². The minimum absolute atomic E-state index is 0.309. The number of carbonyl (C=O) groups excluding carboxylic acids is 2. The third kappa shape index (κ3) is 3.87. The van der Waals surface area contributed by atoms with Crippen LogP contribution in [0.4, 0.5) is 0 Å². The summed E-state index contributed by atoms with van der Waals surface area (Å²) in [6.07, 6.45) is 4.12. The van der Waals surface area contributed by atoms with Gasteiger partial charge >= 0.3 is 5.97 Å². The van der Waals surface area contributed by atoms with Crippen molar-refractivity contribution in [2.75, 3.05) is 6.61 Å². The van der Waals surface area contributed by atoms with Crippen LogP contribution < -0.4 is 11.2 Å². The van der Waals surface area contributed by atoms with Crippen molar-refractivity contribution in [3.05, 3.63) is 12.2 Å². The molecule has 0 fully saturated rings. The third-order valence-electron chi connectivity index (χ3n) is 2.47. The van der Waals surface area contributed by atoms with E-state index in [-0.39, 0.29) is 0 Å². The Morgan fingerprint density at radius 2 is 1.88 bits per heavy atom. The summed E-state index contributed by atoms with van der Waals surface area (Å²) >= 11 is 0. The Morgan fingerprint density at radius 1 is 1.29 bits per heavy atom. The minimum Gasteiger partial charge on any atom is -0.481 e. The van der Waals surface area contributed by atoms with Gasteiger partial charge in [0.25, 0.3) is 0 Å². The summed E-state index contributed by atoms with van der Waals surface area (Å²) < 4.78 is 0. The van der Waals surface area contributed by atoms with Gasteiger partial charge in [0.1, 0.15) is 0 Å². The molecule has 0 aromatic heterocycles. The predicted molar refractivity (Wildman–Crippen MR) is 56.3 cm³/mol. The van der Waals surface area contributed by atoms with E-state index in [1.54, 1.807) is 12.2 Å². The summed E-state index contributed by atoms with van der Waals surface area (Å²) in [5, 5.41) is 8.94. The molecule has 2 atom stereocenters. The molecule has 4 N–H and O–H groups in total. The van der Waals surface area contributed by atoms with E-state index in [0.717, 1.165) is 0 Å². The number of rotatable bonds is 5. The zero-order valence-corrected chi connectivity index (χ0v) is 9.09. The monoisotopic (exact) mass is 242 g/mol. The Labute approximate surface area is 97.6 Å². The van der Waals surface area contributed by atoms with Gasteiger partial charge in [0.15, 0.2) is 6.61 Å². The first-order valence-electron chi connectivity index (χ1n) is 5.10. The quantitative estimate of drug-likeness (QED) is 0.430. The summed E-state index contributed by atoms with van der Waals surface area (Å²) in [7, 11) is 0. The molecule has 17 heavy (non-hydrogen) atoms. The van der Waals surface area contributed by atoms with Crippen LogP contribution in [0.1, 0.15) is 12.8 Å². The van der Waals surface area contributed by atoms with E-state index in [1.165, 1.54) is 0 Å². The molecule has 94 valence electrons. The number of aliphatic carboxylic acids is 1. The van der Waals surface area contributed by atoms with E-state index in [0.29, 0.717) is 12.8 Å². The largest absolute Gasteiger partial charge is 0.481 e. The maximum absolute atomic E-state index is 11.6. The van der Waals surface area contributed by atoms with Gasteiger partial charge in [-0.25, -0.2) is 5.48 Å². The number of hydrogen-bond acceptors (Lipinski definition) is 4. The van der Waals surface area contributed by atoms with E-state index < -0.39 is 36.2 Å². The zero-order chi connectivity index (χ0) is 12.8. The van der Waals surface area contributed by atoms with Crippen molar-refractivity contribution in [2.45, 2.75) is 12.8 Å². The van der Waals surface area contributed by atoms with Crippen molar-refractivity contribution in [1.82, 2.24) is 5.48 Å². The standard InChI is InChI=1S/C10H14N2O5/c11-8(13)5-17-12-9(14)6-3-1-2-4-7(6)10(15)16/h1-2,6-7H,3-5H2,(H2,11,13)(H,12,14)(H,15,16)/t6-,7+/m1/s1. The molecule has 7 nitrogen and oxygen atoms in total. The molecule has 1 aliphatic carbocycles. The third-order valence-corrected chi connectivity index (χ3v) is 2.47. The topological polar surface area (TPSA) is 119 Å². The van der Waals surface area contributed by atoms with Crippen LogP contribution in [0.25, 0.3) is 0 Å². The highest BCUT2D eigenvalue weighted by molar-refractivity contribution is 5.84. The maximum Gasteiger partial charge on any atom is 0.307 e. The van der Waals surface area contributed by atoms with Gasteiger partial charge < -0.3 is 10.8 Å². The summed E-state index contributed by atoms with van der Waals surface area (Å²) in [6.45, 7) is -0.438. The number of primary amides is 1. The predicted octanol–water partition coefficient (Wildman–Crippen LogP) is -0.814. The molecule has 0 aromatic carbocycles. The van der Waals surface area contributed by atoms with Crippen molar-refractivity contribution in [1.29, 1.82) is 0 Å². The van der Waals surface area contributed by atoms with Crippen LogP contribution in [0.5, 0.6) is 0 Å². The number of amides is 2. The van der Waals surface area contributed by atoms with Gasteiger partial charge in [-0.15, -0.1) is 0 Å². The Hall–Kier alpha value is -1.89. The van der Waals surface area contributed by atoms with Crippen molar-refractivity contribution >= 4 is 17.8 Å². The van der Waals surface area contributed by atoms with E-state index in [9.17, 15) is 14.4 Å². The van der Waals surface area contributed by atoms with Crippen molar-refractivity contribution in [3.8, 4) is 0 Å². The van der Waals surface area contributed by atoms with Gasteiger partial charge in [-0.1, -0.05) is 12.2 Å². The fourth-order valence-electron chi connectivity index (χ4n) is 1.63. The van der Waals surface area contributed by atoms with Gasteiger partial charge in [-0.2, -0.15) is 0 Å². The van der Waals surface area contributed by atoms with E-state index in [4.69, 9.17) is 10.8 Å². The number of nitrogens with two attached hydrogens (primary N) is 1. The number of carboxylic acids is 1. The van der Waals surface area contributed by atoms with Gasteiger partial charge in [0.2, 0.25) is 11.8 Å². The zero-order valence-electron chi connectivity index (χ0n) is 9.09. The van der Waals surface area contributed by atoms with Gasteiger partial charge in [-0.3, -0.25) is 19.2 Å². The molecule has 0 aromatic rings. The summed E-state index contributed by atoms with van der Waals surface area (Å²) in [6, 6.07) is 0. The first-order valence-corrected chi connectivity index (χ1v) is 5.10. The van der Waals surface area contributed by atoms with Crippen LogP contribution in [-0.2, 0) is 19.2 Å². The van der Waals surface area contributed by atoms with Gasteiger partial charge in [0, 0.05) is 0 Å². The first-order chi connectivity index (χ1) is 8.02. The smallest absolute Gasteiger partial charge is 0.307 e. The molecule has 1 rings (SSSR count). The van der Waals surface area contributed by atoms with E-state index in [1.807, 2.05) is 5.48 Å². The SMILES string of the molecule is NC(=O)CONC(=O)[C@@H]1CC=CC[C@@H]1C(=O)O. The molecule has 0 saturated carbocycles. The molecule has 0 aliphatic heterocycles. The van der Waals surface area contributed by atoms with Crippen molar-refractivity contribution in [2.24, 2.45) is 17.6 Å². The summed E-state index contributed by atoms with van der Waals surface area (Å²) in [4.78, 5) is 37.4. The number of hydroxylamine groups is 1. The Balaban J connectivity index is 2.51. The lowest BCUT2D eigenvalue weighted by Gasteiger charge is -2.23. The van der Waals surface area contributed by atoms with Crippen LogP contribution in [0.15, 0.2) is 12.2 Å². The lowest BCUT2D eigenvalue weighted by molar-refractivity contribution is -0.152. The average molecular weight is 242 g/mol. The molecular formula is C10H14N2O5. The Bertz CT molecular complexity index is 353. The maximum atomic E-state index is 11.6. The molecule has 0 bridgehead atoms. The second-order valence-corrected chi connectivity index (χ2v) is 3.72. The fraction of sp³-hybridized carbons (Fsp3) is 0.500. The van der Waals surface area contributed by atoms with Crippen LogP contribution in [0.2, 0.25) is 0 Å². The number of hydrogen-bond donors (Lipinski definition) is 3. The van der Waals surface area contributed by atoms with Crippen LogP contribution >= 0.6 is 0 Å². The highest BCUT2D eigenvalue weighted by Gasteiger charge is 2.34. The number of carboxylic acid groups (broad SMARTS) is 1. The molecule has 1 aliphatic rings. The first kappa shape index (κ1) is 13.2. The molecule has 0 spiro atoms. The van der Waals surface area contributed by atoms with Crippen molar-refractivity contribution in [3.63, 3.8) is 0 Å². The molecule has 0 saturated heterocycles. The summed E-state index contributed by atoms with van der Waals surface area (Å²) in [5.41, 5.74) is 6.84. The van der Waals surface area contributed by atoms with Crippen LogP contribution in [0, 0.1) is 11.8 Å². The minimum atomic E-state index is -1.02. The Morgan fingerprint density at radius 3 is 2.41 bits per heavy atom. The van der Waals surface area contributed by atoms with E-state index >= 15 is 0 Å². The number of carbonyl (C=O) groups is 3. The van der Waals surface area contributed by atoms with Crippen LogP contribution in [0.3, 0.4) is 0 Å². The molecule has 2 amide bonds. The normalized spacial score (nSPS) is 23.1. The fourth-order valence-corrected chi connectivity index (χ4v) is 1.63. The molecule has 0 unspecified atom stereocenters. The molecule has 0 heterocycles. The molecular weight excluding hydrogens is 228 g/mol. The highest BCUT2D eigenvalue weighted by Crippen LogP contribution is 2.25. The highest BCUT2D eigenvalue weighted by atomic mass is 16.7. The lowest BCUT2D eigenvalue weighted by Crippen LogP contribution is -2.39. The number of allylic oxidation sites excluding steroid dienone is 2. The second-order valence-electron chi connectivity index (χ2n) is 3.72. The lowest BCUT2D eigenvalue weighted by atomic mass is 9.82.